The van der Waals surface area contributed by atoms with Crippen molar-refractivity contribution >= 4 is 0 Å². The van der Waals surface area contributed by atoms with Crippen LogP contribution < -0.4 is 5.73 Å². The summed E-state index contributed by atoms with van der Waals surface area (Å²) in [6, 6.07) is 9.08. The maximum atomic E-state index is 5.83. The molecule has 100 valence electrons. The van der Waals surface area contributed by atoms with Crippen LogP contribution >= 0.6 is 0 Å². The average Bonchev–Trinajstić information content (AvgIpc) is 2.84. The van der Waals surface area contributed by atoms with E-state index in [1.54, 1.807) is 0 Å². The monoisotopic (exact) mass is 255 g/mol. The van der Waals surface area contributed by atoms with Crippen molar-refractivity contribution in [1.29, 1.82) is 0 Å². The molecule has 0 amide bonds. The van der Waals surface area contributed by atoms with E-state index in [0.29, 0.717) is 17.9 Å². The molecule has 1 aromatic carbocycles. The Labute approximate surface area is 114 Å². The summed E-state index contributed by atoms with van der Waals surface area (Å²) in [5.74, 6) is 2.19. The predicted molar refractivity (Wildman–Crippen MR) is 78.1 cm³/mol. The van der Waals surface area contributed by atoms with Gasteiger partial charge in [-0.1, -0.05) is 38.1 Å². The summed E-state index contributed by atoms with van der Waals surface area (Å²) in [6.07, 6.45) is 4.04. The van der Waals surface area contributed by atoms with Gasteiger partial charge in [0.15, 0.2) is 0 Å². The topological polar surface area (TPSA) is 54.7 Å². The fraction of sp³-hybridized carbons (Fsp3) is 0.438. The molecule has 0 unspecified atom stereocenters. The van der Waals surface area contributed by atoms with E-state index >= 15 is 0 Å². The molecular weight excluding hydrogens is 234 g/mol. The van der Waals surface area contributed by atoms with Gasteiger partial charge < -0.3 is 10.7 Å². The molecule has 0 aliphatic heterocycles. The number of hydrogen-bond acceptors (Lipinski definition) is 2. The number of nitrogens with one attached hydrogen (secondary N) is 1. The van der Waals surface area contributed by atoms with Crippen LogP contribution in [-0.4, -0.2) is 16.0 Å². The van der Waals surface area contributed by atoms with Crippen LogP contribution in [0.2, 0.25) is 0 Å². The molecule has 3 nitrogen and oxygen atoms in total. The number of rotatable bonds is 3. The van der Waals surface area contributed by atoms with Crippen LogP contribution in [0, 0.1) is 0 Å². The second kappa shape index (κ2) is 4.82. The first-order valence-corrected chi connectivity index (χ1v) is 7.04. The maximum absolute atomic E-state index is 5.83. The largest absolute Gasteiger partial charge is 0.342 e. The number of nitrogens with zero attached hydrogens (tertiary/aromatic N) is 1. The van der Waals surface area contributed by atoms with Gasteiger partial charge >= 0.3 is 0 Å². The third-order valence-electron chi connectivity index (χ3n) is 4.05. The van der Waals surface area contributed by atoms with Gasteiger partial charge in [0.2, 0.25) is 0 Å². The van der Waals surface area contributed by atoms with Crippen molar-refractivity contribution in [3.63, 3.8) is 0 Å². The highest BCUT2D eigenvalue weighted by Crippen LogP contribution is 2.34. The van der Waals surface area contributed by atoms with Gasteiger partial charge in [-0.05, 0) is 29.9 Å². The lowest BCUT2D eigenvalue weighted by atomic mass is 9.80. The zero-order valence-corrected chi connectivity index (χ0v) is 11.6. The summed E-state index contributed by atoms with van der Waals surface area (Å²) in [4.78, 5) is 7.93. The van der Waals surface area contributed by atoms with E-state index in [4.69, 9.17) is 5.73 Å². The molecular formula is C16H21N3. The maximum Gasteiger partial charge on any atom is 0.109 e. The summed E-state index contributed by atoms with van der Waals surface area (Å²) >= 11 is 0. The predicted octanol–water partition coefficient (Wildman–Crippen LogP) is 3.40. The molecule has 1 fully saturated rings. The van der Waals surface area contributed by atoms with Crippen LogP contribution in [-0.2, 0) is 0 Å². The first-order chi connectivity index (χ1) is 9.13. The normalized spacial score (nSPS) is 22.5. The highest BCUT2D eigenvalue weighted by molar-refractivity contribution is 5.59. The van der Waals surface area contributed by atoms with E-state index in [1.807, 2.05) is 6.20 Å². The van der Waals surface area contributed by atoms with Crippen LogP contribution in [0.5, 0.6) is 0 Å². The fourth-order valence-electron chi connectivity index (χ4n) is 2.62. The van der Waals surface area contributed by atoms with E-state index in [0.717, 1.165) is 24.4 Å². The second-order valence-corrected chi connectivity index (χ2v) is 5.89. The average molecular weight is 255 g/mol. The van der Waals surface area contributed by atoms with E-state index in [2.05, 4.69) is 48.1 Å². The molecule has 19 heavy (non-hydrogen) atoms. The highest BCUT2D eigenvalue weighted by Gasteiger charge is 2.29. The molecule has 2 aromatic rings. The quantitative estimate of drug-likeness (QED) is 0.883. The molecule has 1 heterocycles. The van der Waals surface area contributed by atoms with Crippen LogP contribution in [0.15, 0.2) is 30.5 Å². The molecule has 0 bridgehead atoms. The van der Waals surface area contributed by atoms with Gasteiger partial charge in [0, 0.05) is 12.0 Å². The molecule has 3 N–H and O–H groups in total. The minimum Gasteiger partial charge on any atom is -0.342 e. The van der Waals surface area contributed by atoms with Crippen molar-refractivity contribution in [3.05, 3.63) is 41.9 Å². The second-order valence-electron chi connectivity index (χ2n) is 5.89. The number of aromatic amines is 1. The molecule has 1 aliphatic carbocycles. The van der Waals surface area contributed by atoms with Gasteiger partial charge in [0.05, 0.1) is 11.9 Å². The first-order valence-electron chi connectivity index (χ1n) is 7.04. The summed E-state index contributed by atoms with van der Waals surface area (Å²) in [5, 5.41) is 0. The standard InChI is InChI=1S/C16H21N3/c1-10(2)11-3-5-12(6-4-11)15-9-18-16(19-15)13-7-14(17)8-13/h3-6,9-10,13-14H,7-8,17H2,1-2H3,(H,18,19). The lowest BCUT2D eigenvalue weighted by molar-refractivity contribution is 0.340. The molecule has 1 aromatic heterocycles. The zero-order chi connectivity index (χ0) is 13.4. The lowest BCUT2D eigenvalue weighted by Gasteiger charge is -2.30. The van der Waals surface area contributed by atoms with Crippen LogP contribution in [0.4, 0.5) is 0 Å². The Hall–Kier alpha value is -1.61. The van der Waals surface area contributed by atoms with Crippen molar-refractivity contribution in [1.82, 2.24) is 9.97 Å². The number of imidazole rings is 1. The van der Waals surface area contributed by atoms with Crippen molar-refractivity contribution in [3.8, 4) is 11.3 Å². The molecule has 3 rings (SSSR count). The SMILES string of the molecule is CC(C)c1ccc(-c2cnc(C3CC(N)C3)[nH]2)cc1. The van der Waals surface area contributed by atoms with Crippen molar-refractivity contribution in [2.24, 2.45) is 5.73 Å². The van der Waals surface area contributed by atoms with Gasteiger partial charge in [-0.3, -0.25) is 0 Å². The summed E-state index contributed by atoms with van der Waals surface area (Å²) < 4.78 is 0. The number of aromatic nitrogens is 2. The van der Waals surface area contributed by atoms with Gasteiger partial charge in [-0.25, -0.2) is 4.98 Å². The van der Waals surface area contributed by atoms with E-state index in [-0.39, 0.29) is 0 Å². The van der Waals surface area contributed by atoms with E-state index < -0.39 is 0 Å². The smallest absolute Gasteiger partial charge is 0.109 e. The third-order valence-corrected chi connectivity index (χ3v) is 4.05. The van der Waals surface area contributed by atoms with E-state index in [1.165, 1.54) is 11.1 Å². The molecule has 1 aliphatic rings. The molecule has 0 radical (unpaired) electrons. The fourth-order valence-corrected chi connectivity index (χ4v) is 2.62. The number of nitrogens with two attached hydrogens (primary N) is 1. The lowest BCUT2D eigenvalue weighted by Crippen LogP contribution is -2.35. The summed E-state index contributed by atoms with van der Waals surface area (Å²) in [5.41, 5.74) is 9.50. The van der Waals surface area contributed by atoms with E-state index in [9.17, 15) is 0 Å². The van der Waals surface area contributed by atoms with Gasteiger partial charge in [-0.2, -0.15) is 0 Å². The van der Waals surface area contributed by atoms with Crippen molar-refractivity contribution < 1.29 is 0 Å². The number of benzene rings is 1. The Bertz CT molecular complexity index is 548. The Balaban J connectivity index is 1.78. The molecule has 1 saturated carbocycles. The van der Waals surface area contributed by atoms with Crippen LogP contribution in [0.3, 0.4) is 0 Å². The molecule has 0 spiro atoms. The Morgan fingerprint density at radius 2 is 1.89 bits per heavy atom. The van der Waals surface area contributed by atoms with Crippen LogP contribution in [0.25, 0.3) is 11.3 Å². The summed E-state index contributed by atoms with van der Waals surface area (Å²) in [6.45, 7) is 4.42. The number of hydrogen-bond donors (Lipinski definition) is 2. The third kappa shape index (κ3) is 2.43. The molecule has 0 saturated heterocycles. The Morgan fingerprint density at radius 1 is 1.21 bits per heavy atom. The summed E-state index contributed by atoms with van der Waals surface area (Å²) in [7, 11) is 0. The minimum atomic E-state index is 0.365. The number of H-pyrrole nitrogens is 1. The molecule has 3 heteroatoms. The molecule has 0 atom stereocenters. The van der Waals surface area contributed by atoms with Gasteiger partial charge in [-0.15, -0.1) is 0 Å². The van der Waals surface area contributed by atoms with Crippen molar-refractivity contribution in [2.45, 2.75) is 44.6 Å². The highest BCUT2D eigenvalue weighted by atomic mass is 14.9. The first kappa shape index (κ1) is 12.4. The van der Waals surface area contributed by atoms with Crippen molar-refractivity contribution in [2.75, 3.05) is 0 Å². The van der Waals surface area contributed by atoms with Crippen LogP contribution in [0.1, 0.15) is 49.9 Å². The van der Waals surface area contributed by atoms with Gasteiger partial charge in [0.1, 0.15) is 5.82 Å². The minimum absolute atomic E-state index is 0.365. The Kier molecular flexibility index (Phi) is 3.15. The van der Waals surface area contributed by atoms with Gasteiger partial charge in [0.25, 0.3) is 0 Å². The Morgan fingerprint density at radius 3 is 2.47 bits per heavy atom. The zero-order valence-electron chi connectivity index (χ0n) is 11.6.